The molecule has 88 valence electrons. The average molecular weight is 213 g/mol. The molecule has 3 heteroatoms. The highest BCUT2D eigenvalue weighted by molar-refractivity contribution is 4.91. The molecule has 2 rings (SSSR count). The lowest BCUT2D eigenvalue weighted by atomic mass is 9.84. The number of nitrogens with zero attached hydrogens (tertiary/aromatic N) is 1. The van der Waals surface area contributed by atoms with Gasteiger partial charge in [0.25, 0.3) is 0 Å². The van der Waals surface area contributed by atoms with Crippen LogP contribution in [0.15, 0.2) is 0 Å². The van der Waals surface area contributed by atoms with Crippen molar-refractivity contribution in [1.82, 2.24) is 4.90 Å². The van der Waals surface area contributed by atoms with Gasteiger partial charge in [-0.15, -0.1) is 0 Å². The zero-order valence-electron chi connectivity index (χ0n) is 9.85. The number of aliphatic hydroxyl groups excluding tert-OH is 1. The van der Waals surface area contributed by atoms with Crippen molar-refractivity contribution >= 4 is 0 Å². The van der Waals surface area contributed by atoms with Crippen LogP contribution in [0, 0.1) is 5.92 Å². The summed E-state index contributed by atoms with van der Waals surface area (Å²) in [6.07, 6.45) is 4.94. The molecule has 0 bridgehead atoms. The van der Waals surface area contributed by atoms with Crippen LogP contribution in [0.3, 0.4) is 0 Å². The van der Waals surface area contributed by atoms with Crippen LogP contribution in [0.1, 0.15) is 32.6 Å². The molecule has 1 aliphatic carbocycles. The van der Waals surface area contributed by atoms with Gasteiger partial charge in [0.1, 0.15) is 0 Å². The second-order valence-electron chi connectivity index (χ2n) is 5.00. The lowest BCUT2D eigenvalue weighted by molar-refractivity contribution is -0.0642. The van der Waals surface area contributed by atoms with Gasteiger partial charge in [-0.1, -0.05) is 13.3 Å². The number of aliphatic hydroxyl groups is 1. The quantitative estimate of drug-likeness (QED) is 0.766. The summed E-state index contributed by atoms with van der Waals surface area (Å²) in [5.41, 5.74) is 0. The Morgan fingerprint density at radius 1 is 1.40 bits per heavy atom. The van der Waals surface area contributed by atoms with Crippen LogP contribution in [0.4, 0.5) is 0 Å². The number of methoxy groups -OCH3 is 1. The lowest BCUT2D eigenvalue weighted by Crippen LogP contribution is -2.54. The Hall–Kier alpha value is -0.120. The van der Waals surface area contributed by atoms with Crippen molar-refractivity contribution in [2.24, 2.45) is 5.92 Å². The molecule has 0 spiro atoms. The molecule has 1 saturated carbocycles. The molecule has 0 radical (unpaired) electrons. The lowest BCUT2D eigenvalue weighted by Gasteiger charge is -2.46. The molecule has 1 saturated heterocycles. The van der Waals surface area contributed by atoms with E-state index in [1.165, 1.54) is 0 Å². The Morgan fingerprint density at radius 2 is 2.13 bits per heavy atom. The van der Waals surface area contributed by atoms with Gasteiger partial charge in [-0.25, -0.2) is 0 Å². The summed E-state index contributed by atoms with van der Waals surface area (Å²) in [5, 5.41) is 9.96. The summed E-state index contributed by atoms with van der Waals surface area (Å²) in [6, 6.07) is 0.669. The zero-order chi connectivity index (χ0) is 10.8. The first-order valence-electron chi connectivity index (χ1n) is 6.19. The van der Waals surface area contributed by atoms with E-state index in [0.29, 0.717) is 18.1 Å². The number of rotatable bonds is 3. The standard InChI is InChI=1S/C12H23NO2/c1-3-9-4-5-13(8-12(9)14)10-6-11(7-10)15-2/h9-12,14H,3-8H2,1-2H3/t9-,10-,11-,12-/m0/s1. The third-order valence-corrected chi connectivity index (χ3v) is 4.20. The Bertz CT molecular complexity index is 204. The van der Waals surface area contributed by atoms with E-state index in [9.17, 15) is 5.11 Å². The molecule has 2 atom stereocenters. The minimum absolute atomic E-state index is 0.106. The second kappa shape index (κ2) is 4.81. The fraction of sp³-hybridized carbons (Fsp3) is 1.00. The van der Waals surface area contributed by atoms with Crippen molar-refractivity contribution in [2.75, 3.05) is 20.2 Å². The van der Waals surface area contributed by atoms with Crippen molar-refractivity contribution in [3.63, 3.8) is 0 Å². The van der Waals surface area contributed by atoms with Gasteiger partial charge in [0.15, 0.2) is 0 Å². The van der Waals surface area contributed by atoms with Gasteiger partial charge in [-0.3, -0.25) is 4.90 Å². The first-order valence-corrected chi connectivity index (χ1v) is 6.19. The average Bonchev–Trinajstić information content (AvgIpc) is 2.16. The van der Waals surface area contributed by atoms with E-state index in [1.807, 2.05) is 0 Å². The van der Waals surface area contributed by atoms with E-state index in [1.54, 1.807) is 7.11 Å². The molecule has 1 aliphatic heterocycles. The first-order chi connectivity index (χ1) is 7.24. The highest BCUT2D eigenvalue weighted by atomic mass is 16.5. The van der Waals surface area contributed by atoms with Crippen molar-refractivity contribution < 1.29 is 9.84 Å². The largest absolute Gasteiger partial charge is 0.392 e. The summed E-state index contributed by atoms with van der Waals surface area (Å²) in [6.45, 7) is 4.21. The number of piperidine rings is 1. The molecule has 2 aliphatic rings. The topological polar surface area (TPSA) is 32.7 Å². The van der Waals surface area contributed by atoms with Crippen LogP contribution in [-0.2, 0) is 4.74 Å². The third-order valence-electron chi connectivity index (χ3n) is 4.20. The maximum atomic E-state index is 9.96. The van der Waals surface area contributed by atoms with Gasteiger partial charge in [0.05, 0.1) is 12.2 Å². The number of hydrogen-bond donors (Lipinski definition) is 1. The molecule has 1 N–H and O–H groups in total. The fourth-order valence-electron chi connectivity index (χ4n) is 2.84. The highest BCUT2D eigenvalue weighted by Gasteiger charge is 2.37. The van der Waals surface area contributed by atoms with Gasteiger partial charge in [0, 0.05) is 19.7 Å². The number of likely N-dealkylation sites (tertiary alicyclic amines) is 1. The molecule has 0 unspecified atom stereocenters. The monoisotopic (exact) mass is 213 g/mol. The minimum atomic E-state index is -0.106. The molecule has 1 heterocycles. The summed E-state index contributed by atoms with van der Waals surface area (Å²) in [5.74, 6) is 0.527. The van der Waals surface area contributed by atoms with E-state index < -0.39 is 0 Å². The van der Waals surface area contributed by atoms with Crippen molar-refractivity contribution in [3.05, 3.63) is 0 Å². The Balaban J connectivity index is 1.77. The van der Waals surface area contributed by atoms with Gasteiger partial charge < -0.3 is 9.84 Å². The van der Waals surface area contributed by atoms with Gasteiger partial charge in [0.2, 0.25) is 0 Å². The van der Waals surface area contributed by atoms with Crippen LogP contribution in [0.2, 0.25) is 0 Å². The molecule has 0 aromatic carbocycles. The summed E-state index contributed by atoms with van der Waals surface area (Å²) >= 11 is 0. The highest BCUT2D eigenvalue weighted by Crippen LogP contribution is 2.31. The first kappa shape index (κ1) is 11.4. The molecule has 0 aromatic rings. The molecular formula is C12H23NO2. The Kier molecular flexibility index (Phi) is 3.65. The van der Waals surface area contributed by atoms with Crippen molar-refractivity contribution in [3.8, 4) is 0 Å². The van der Waals surface area contributed by atoms with E-state index >= 15 is 0 Å². The number of β-amino-alcohol motifs (C(OH)–C–C–N with tert-alkyl or cyclic N) is 1. The Morgan fingerprint density at radius 3 is 2.67 bits per heavy atom. The van der Waals surface area contributed by atoms with Gasteiger partial charge in [-0.05, 0) is 31.7 Å². The maximum Gasteiger partial charge on any atom is 0.0695 e. The summed E-state index contributed by atoms with van der Waals surface area (Å²) < 4.78 is 5.29. The van der Waals surface area contributed by atoms with Crippen molar-refractivity contribution in [2.45, 2.75) is 50.9 Å². The SMILES string of the molecule is CC[C@H]1CCN([C@H]2C[C@H](OC)C2)C[C@@H]1O. The number of hydrogen-bond acceptors (Lipinski definition) is 3. The third kappa shape index (κ3) is 2.35. The summed E-state index contributed by atoms with van der Waals surface area (Å²) in [7, 11) is 1.79. The predicted octanol–water partition coefficient (Wildman–Crippen LogP) is 1.26. The van der Waals surface area contributed by atoms with Crippen LogP contribution in [0.25, 0.3) is 0 Å². The van der Waals surface area contributed by atoms with Crippen LogP contribution in [0.5, 0.6) is 0 Å². The van der Waals surface area contributed by atoms with Crippen LogP contribution < -0.4 is 0 Å². The van der Waals surface area contributed by atoms with Crippen molar-refractivity contribution in [1.29, 1.82) is 0 Å². The van der Waals surface area contributed by atoms with E-state index in [4.69, 9.17) is 4.74 Å². The van der Waals surface area contributed by atoms with Crippen LogP contribution >= 0.6 is 0 Å². The van der Waals surface area contributed by atoms with E-state index in [0.717, 1.165) is 38.8 Å². The molecule has 0 aromatic heterocycles. The minimum Gasteiger partial charge on any atom is -0.392 e. The maximum absolute atomic E-state index is 9.96. The Labute approximate surface area is 92.4 Å². The summed E-state index contributed by atoms with van der Waals surface area (Å²) in [4.78, 5) is 2.45. The molecule has 15 heavy (non-hydrogen) atoms. The molecule has 3 nitrogen and oxygen atoms in total. The predicted molar refractivity (Wildman–Crippen MR) is 59.8 cm³/mol. The zero-order valence-corrected chi connectivity index (χ0v) is 9.85. The van der Waals surface area contributed by atoms with E-state index in [2.05, 4.69) is 11.8 Å². The van der Waals surface area contributed by atoms with E-state index in [-0.39, 0.29) is 6.10 Å². The molecule has 0 amide bonds. The normalized spacial score (nSPS) is 42.6. The second-order valence-corrected chi connectivity index (χ2v) is 5.00. The fourth-order valence-corrected chi connectivity index (χ4v) is 2.84. The smallest absolute Gasteiger partial charge is 0.0695 e. The van der Waals surface area contributed by atoms with Gasteiger partial charge in [-0.2, -0.15) is 0 Å². The molecule has 2 fully saturated rings. The molecular weight excluding hydrogens is 190 g/mol. The number of ether oxygens (including phenoxy) is 1. The van der Waals surface area contributed by atoms with Crippen LogP contribution in [-0.4, -0.2) is 48.5 Å². The van der Waals surface area contributed by atoms with Gasteiger partial charge >= 0.3 is 0 Å².